The first-order valence-electron chi connectivity index (χ1n) is 5.35. The third-order valence-electron chi connectivity index (χ3n) is 2.20. The van der Waals surface area contributed by atoms with Crippen LogP contribution < -0.4 is 5.32 Å². The zero-order chi connectivity index (χ0) is 13.0. The van der Waals surface area contributed by atoms with Crippen LogP contribution in [0, 0.1) is 0 Å². The molecule has 0 aliphatic carbocycles. The van der Waals surface area contributed by atoms with Crippen molar-refractivity contribution in [2.24, 2.45) is 0 Å². The van der Waals surface area contributed by atoms with Crippen LogP contribution in [-0.4, -0.2) is 10.9 Å². The van der Waals surface area contributed by atoms with Crippen molar-refractivity contribution in [3.63, 3.8) is 0 Å². The molecule has 0 spiro atoms. The molecule has 92 valence electrons. The summed E-state index contributed by atoms with van der Waals surface area (Å²) in [6.07, 6.45) is 3.13. The molecule has 18 heavy (non-hydrogen) atoms. The number of nitrogens with zero attached hydrogens (tertiary/aromatic N) is 1. The van der Waals surface area contributed by atoms with Crippen molar-refractivity contribution >= 4 is 34.0 Å². The highest BCUT2D eigenvalue weighted by atomic mass is 35.5. The fraction of sp³-hybridized carbons (Fsp3) is 0.0769. The number of rotatable bonds is 3. The first-order valence-corrected chi connectivity index (χ1v) is 6.60. The second kappa shape index (κ2) is 5.80. The minimum atomic E-state index is -0.183. The van der Waals surface area contributed by atoms with Crippen LogP contribution in [0.2, 0.25) is 5.02 Å². The van der Waals surface area contributed by atoms with E-state index < -0.39 is 0 Å². The number of thiazole rings is 1. The Morgan fingerprint density at radius 1 is 1.44 bits per heavy atom. The Kier molecular flexibility index (Phi) is 4.12. The smallest absolute Gasteiger partial charge is 0.249 e. The van der Waals surface area contributed by atoms with E-state index >= 15 is 0 Å². The average molecular weight is 279 g/mol. The fourth-order valence-corrected chi connectivity index (χ4v) is 2.37. The summed E-state index contributed by atoms with van der Waals surface area (Å²) in [5.74, 6) is -0.183. The van der Waals surface area contributed by atoms with Crippen molar-refractivity contribution < 1.29 is 4.79 Å². The molecule has 0 saturated carbocycles. The summed E-state index contributed by atoms with van der Waals surface area (Å²) in [5, 5.41) is 5.77. The molecule has 0 aliphatic rings. The Hall–Kier alpha value is -1.65. The van der Waals surface area contributed by atoms with Gasteiger partial charge in [0.15, 0.2) is 5.13 Å². The quantitative estimate of drug-likeness (QED) is 0.863. The van der Waals surface area contributed by atoms with Crippen LogP contribution in [0.3, 0.4) is 0 Å². The van der Waals surface area contributed by atoms with Crippen molar-refractivity contribution in [1.29, 1.82) is 0 Å². The molecule has 0 saturated heterocycles. The molecule has 0 radical (unpaired) electrons. The molecule has 2 rings (SSSR count). The van der Waals surface area contributed by atoms with Gasteiger partial charge >= 0.3 is 0 Å². The maximum Gasteiger partial charge on any atom is 0.249 e. The molecule has 0 fully saturated rings. The summed E-state index contributed by atoms with van der Waals surface area (Å²) >= 11 is 7.46. The number of halogens is 1. The van der Waals surface area contributed by atoms with Gasteiger partial charge < -0.3 is 0 Å². The number of benzene rings is 1. The van der Waals surface area contributed by atoms with E-state index in [4.69, 9.17) is 11.6 Å². The number of allylic oxidation sites excluding steroid dienone is 1. The second-order valence-corrected chi connectivity index (χ2v) is 4.77. The van der Waals surface area contributed by atoms with E-state index in [1.54, 1.807) is 13.0 Å². The number of carbonyl (C=O) groups is 1. The third-order valence-corrected chi connectivity index (χ3v) is 3.29. The fourth-order valence-electron chi connectivity index (χ4n) is 1.42. The monoisotopic (exact) mass is 278 g/mol. The number of nitrogens with one attached hydrogen (secondary N) is 1. The highest BCUT2D eigenvalue weighted by Crippen LogP contribution is 2.30. The van der Waals surface area contributed by atoms with Crippen molar-refractivity contribution in [2.75, 3.05) is 5.32 Å². The molecule has 1 aromatic heterocycles. The maximum atomic E-state index is 11.4. The van der Waals surface area contributed by atoms with Gasteiger partial charge in [0, 0.05) is 16.0 Å². The summed E-state index contributed by atoms with van der Waals surface area (Å²) < 4.78 is 0. The van der Waals surface area contributed by atoms with E-state index in [1.165, 1.54) is 17.4 Å². The highest BCUT2D eigenvalue weighted by Gasteiger charge is 2.08. The zero-order valence-electron chi connectivity index (χ0n) is 9.68. The van der Waals surface area contributed by atoms with Crippen molar-refractivity contribution in [1.82, 2.24) is 4.98 Å². The first kappa shape index (κ1) is 12.8. The Bertz CT molecular complexity index is 592. The molecule has 0 aliphatic heterocycles. The van der Waals surface area contributed by atoms with Crippen LogP contribution in [0.4, 0.5) is 5.13 Å². The lowest BCUT2D eigenvalue weighted by Crippen LogP contribution is -2.07. The van der Waals surface area contributed by atoms with E-state index in [9.17, 15) is 4.79 Å². The van der Waals surface area contributed by atoms with Gasteiger partial charge in [0.1, 0.15) is 0 Å². The number of aromatic nitrogens is 1. The molecular formula is C13H11ClN2OS. The van der Waals surface area contributed by atoms with E-state index in [1.807, 2.05) is 29.6 Å². The van der Waals surface area contributed by atoms with Crippen molar-refractivity contribution in [3.8, 4) is 11.3 Å². The van der Waals surface area contributed by atoms with Gasteiger partial charge in [-0.1, -0.05) is 35.9 Å². The summed E-state index contributed by atoms with van der Waals surface area (Å²) in [6, 6.07) is 7.48. The topological polar surface area (TPSA) is 42.0 Å². The largest absolute Gasteiger partial charge is 0.298 e. The Labute approximate surface area is 114 Å². The van der Waals surface area contributed by atoms with Gasteiger partial charge in [-0.05, 0) is 19.1 Å². The van der Waals surface area contributed by atoms with E-state index in [2.05, 4.69) is 10.3 Å². The van der Waals surface area contributed by atoms with E-state index in [0.717, 1.165) is 11.3 Å². The lowest BCUT2D eigenvalue weighted by Gasteiger charge is -1.99. The number of carbonyl (C=O) groups excluding carboxylic acids is 1. The predicted octanol–water partition coefficient (Wildman–Crippen LogP) is 3.98. The highest BCUT2D eigenvalue weighted by molar-refractivity contribution is 7.14. The van der Waals surface area contributed by atoms with Gasteiger partial charge in [0.05, 0.1) is 5.69 Å². The van der Waals surface area contributed by atoms with Gasteiger partial charge in [-0.15, -0.1) is 11.3 Å². The zero-order valence-corrected chi connectivity index (χ0v) is 11.3. The van der Waals surface area contributed by atoms with Crippen LogP contribution in [0.15, 0.2) is 41.8 Å². The molecule has 5 heteroatoms. The molecule has 0 bridgehead atoms. The summed E-state index contributed by atoms with van der Waals surface area (Å²) in [5.41, 5.74) is 1.63. The van der Waals surface area contributed by atoms with Crippen molar-refractivity contribution in [3.05, 3.63) is 46.8 Å². The van der Waals surface area contributed by atoms with Crippen LogP contribution in [0.5, 0.6) is 0 Å². The van der Waals surface area contributed by atoms with Gasteiger partial charge in [-0.2, -0.15) is 0 Å². The summed E-state index contributed by atoms with van der Waals surface area (Å²) in [7, 11) is 0. The molecule has 1 N–H and O–H groups in total. The molecule has 2 aromatic rings. The van der Waals surface area contributed by atoms with Crippen LogP contribution in [-0.2, 0) is 4.79 Å². The third kappa shape index (κ3) is 2.97. The molecule has 1 heterocycles. The molecule has 0 atom stereocenters. The molecule has 1 amide bonds. The van der Waals surface area contributed by atoms with Crippen LogP contribution in [0.1, 0.15) is 6.92 Å². The molecule has 0 unspecified atom stereocenters. The minimum absolute atomic E-state index is 0.183. The summed E-state index contributed by atoms with van der Waals surface area (Å²) in [6.45, 7) is 1.79. The standard InChI is InChI=1S/C13H11ClN2OS/c1-2-5-12(17)16-13-15-11(8-18-13)9-6-3-4-7-10(9)14/h2-8H,1H3,(H,15,16,17)/b5-2-. The van der Waals surface area contributed by atoms with Gasteiger partial charge in [0.25, 0.3) is 0 Å². The van der Waals surface area contributed by atoms with E-state index in [-0.39, 0.29) is 5.91 Å². The molecule has 3 nitrogen and oxygen atoms in total. The van der Waals surface area contributed by atoms with E-state index in [0.29, 0.717) is 10.2 Å². The average Bonchev–Trinajstić information content (AvgIpc) is 2.78. The van der Waals surface area contributed by atoms with Gasteiger partial charge in [-0.25, -0.2) is 4.98 Å². The summed E-state index contributed by atoms with van der Waals surface area (Å²) in [4.78, 5) is 15.7. The number of hydrogen-bond acceptors (Lipinski definition) is 3. The number of anilines is 1. The van der Waals surface area contributed by atoms with Crippen LogP contribution in [0.25, 0.3) is 11.3 Å². The lowest BCUT2D eigenvalue weighted by atomic mass is 10.2. The first-order chi connectivity index (χ1) is 8.70. The predicted molar refractivity (Wildman–Crippen MR) is 76.0 cm³/mol. The van der Waals surface area contributed by atoms with Gasteiger partial charge in [-0.3, -0.25) is 10.1 Å². The number of hydrogen-bond donors (Lipinski definition) is 1. The minimum Gasteiger partial charge on any atom is -0.298 e. The van der Waals surface area contributed by atoms with Crippen molar-refractivity contribution in [2.45, 2.75) is 6.92 Å². The maximum absolute atomic E-state index is 11.4. The molecular weight excluding hydrogens is 268 g/mol. The Morgan fingerprint density at radius 3 is 2.94 bits per heavy atom. The number of amides is 1. The van der Waals surface area contributed by atoms with Gasteiger partial charge in [0.2, 0.25) is 5.91 Å². The Morgan fingerprint density at radius 2 is 2.22 bits per heavy atom. The van der Waals surface area contributed by atoms with Crippen LogP contribution >= 0.6 is 22.9 Å². The molecule has 1 aromatic carbocycles. The Balaban J connectivity index is 2.21. The normalized spacial score (nSPS) is 10.8. The second-order valence-electron chi connectivity index (χ2n) is 3.51. The lowest BCUT2D eigenvalue weighted by molar-refractivity contribution is -0.111. The SMILES string of the molecule is C/C=C\C(=O)Nc1nc(-c2ccccc2Cl)cs1.